The largest absolute Gasteiger partial charge is 0.478 e. The summed E-state index contributed by atoms with van der Waals surface area (Å²) < 4.78 is 13.3. The van der Waals surface area contributed by atoms with Gasteiger partial charge in [-0.1, -0.05) is 72.8 Å². The minimum Gasteiger partial charge on any atom is -0.478 e. The maximum absolute atomic E-state index is 13.3. The highest BCUT2D eigenvalue weighted by Gasteiger charge is 2.10. The molecule has 180 valence electrons. The summed E-state index contributed by atoms with van der Waals surface area (Å²) in [7, 11) is 0. The van der Waals surface area contributed by atoms with Gasteiger partial charge in [0.05, 0.1) is 5.56 Å². The van der Waals surface area contributed by atoms with Gasteiger partial charge in [-0.05, 0) is 81.6 Å². The molecule has 0 saturated heterocycles. The van der Waals surface area contributed by atoms with Crippen LogP contribution in [-0.2, 0) is 0 Å². The smallest absolute Gasteiger partial charge is 0.336 e. The molecule has 5 aromatic rings. The molecule has 0 aromatic heterocycles. The van der Waals surface area contributed by atoms with Gasteiger partial charge in [0.25, 0.3) is 5.91 Å². The monoisotopic (exact) mass is 487 g/mol. The van der Waals surface area contributed by atoms with Crippen molar-refractivity contribution >= 4 is 40.5 Å². The summed E-state index contributed by atoms with van der Waals surface area (Å²) in [5, 5.41) is 14.6. The maximum Gasteiger partial charge on any atom is 0.336 e. The molecule has 4 nitrogen and oxygen atoms in total. The van der Waals surface area contributed by atoms with E-state index in [0.717, 1.165) is 27.5 Å². The molecule has 0 aliphatic carbocycles. The zero-order chi connectivity index (χ0) is 25.8. The van der Waals surface area contributed by atoms with Gasteiger partial charge >= 0.3 is 5.97 Å². The summed E-state index contributed by atoms with van der Waals surface area (Å²) in [6, 6.07) is 31.8. The Hall–Kier alpha value is -5.03. The van der Waals surface area contributed by atoms with Crippen molar-refractivity contribution in [1.82, 2.24) is 0 Å². The molecule has 0 atom stereocenters. The molecule has 0 heterocycles. The first-order valence-corrected chi connectivity index (χ1v) is 11.7. The minimum atomic E-state index is -1.03. The molecule has 37 heavy (non-hydrogen) atoms. The molecule has 2 N–H and O–H groups in total. The van der Waals surface area contributed by atoms with Crippen LogP contribution in [0.5, 0.6) is 0 Å². The SMILES string of the molecule is O=C(Nc1ccc(C=Cc2cc(-c3ccc(F)cc3)ccc2C(=O)O)cc1)c1ccc2ccccc2c1. The second-order valence-corrected chi connectivity index (χ2v) is 8.59. The van der Waals surface area contributed by atoms with E-state index in [9.17, 15) is 19.1 Å². The summed E-state index contributed by atoms with van der Waals surface area (Å²) in [5.74, 6) is -1.56. The van der Waals surface area contributed by atoms with Crippen molar-refractivity contribution < 1.29 is 19.1 Å². The first-order chi connectivity index (χ1) is 18.0. The lowest BCUT2D eigenvalue weighted by atomic mass is 9.98. The van der Waals surface area contributed by atoms with Gasteiger partial charge in [-0.15, -0.1) is 0 Å². The lowest BCUT2D eigenvalue weighted by Crippen LogP contribution is -2.11. The average Bonchev–Trinajstić information content (AvgIpc) is 2.92. The number of anilines is 1. The number of carbonyl (C=O) groups excluding carboxylic acids is 1. The van der Waals surface area contributed by atoms with Crippen LogP contribution in [0.4, 0.5) is 10.1 Å². The number of aromatic carboxylic acids is 1. The highest BCUT2D eigenvalue weighted by molar-refractivity contribution is 6.06. The standard InChI is InChI=1S/C32H22FNO3/c33-28-14-11-23(12-15-28)25-13-18-30(32(36)37)26(19-25)8-5-21-6-16-29(17-7-21)34-31(35)27-10-9-22-3-1-2-4-24(22)20-27/h1-20H,(H,34,35)(H,36,37). The van der Waals surface area contributed by atoms with E-state index < -0.39 is 5.97 Å². The minimum absolute atomic E-state index is 0.168. The van der Waals surface area contributed by atoms with E-state index in [1.165, 1.54) is 12.1 Å². The molecule has 0 fully saturated rings. The molecule has 0 aliphatic heterocycles. The van der Waals surface area contributed by atoms with Crippen molar-refractivity contribution in [2.24, 2.45) is 0 Å². The number of rotatable bonds is 6. The highest BCUT2D eigenvalue weighted by atomic mass is 19.1. The van der Waals surface area contributed by atoms with Crippen LogP contribution in [0.25, 0.3) is 34.1 Å². The van der Waals surface area contributed by atoms with Crippen LogP contribution in [0.3, 0.4) is 0 Å². The summed E-state index contributed by atoms with van der Waals surface area (Å²) >= 11 is 0. The van der Waals surface area contributed by atoms with Gasteiger partial charge in [-0.3, -0.25) is 4.79 Å². The summed E-state index contributed by atoms with van der Waals surface area (Å²) in [5.41, 5.74) is 4.34. The van der Waals surface area contributed by atoms with E-state index in [-0.39, 0.29) is 17.3 Å². The number of hydrogen-bond acceptors (Lipinski definition) is 2. The zero-order valence-electron chi connectivity index (χ0n) is 19.7. The van der Waals surface area contributed by atoms with Gasteiger partial charge in [-0.25, -0.2) is 9.18 Å². The lowest BCUT2D eigenvalue weighted by Gasteiger charge is -2.08. The van der Waals surface area contributed by atoms with Crippen LogP contribution in [0, 0.1) is 5.82 Å². The van der Waals surface area contributed by atoms with Crippen molar-refractivity contribution in [2.45, 2.75) is 0 Å². The predicted molar refractivity (Wildman–Crippen MR) is 146 cm³/mol. The number of benzene rings is 5. The second-order valence-electron chi connectivity index (χ2n) is 8.59. The van der Waals surface area contributed by atoms with E-state index in [1.807, 2.05) is 54.6 Å². The quantitative estimate of drug-likeness (QED) is 0.241. The van der Waals surface area contributed by atoms with Crippen LogP contribution in [-0.4, -0.2) is 17.0 Å². The number of amides is 1. The summed E-state index contributed by atoms with van der Waals surface area (Å²) in [6.45, 7) is 0. The molecule has 0 saturated carbocycles. The third-order valence-corrected chi connectivity index (χ3v) is 6.10. The van der Waals surface area contributed by atoms with Crippen LogP contribution in [0.1, 0.15) is 31.8 Å². The van der Waals surface area contributed by atoms with E-state index in [4.69, 9.17) is 0 Å². The number of halogens is 1. The Kier molecular flexibility index (Phi) is 6.60. The lowest BCUT2D eigenvalue weighted by molar-refractivity contribution is 0.0696. The zero-order valence-corrected chi connectivity index (χ0v) is 19.7. The topological polar surface area (TPSA) is 66.4 Å². The number of hydrogen-bond donors (Lipinski definition) is 2. The fourth-order valence-corrected chi connectivity index (χ4v) is 4.11. The molecular formula is C32H22FNO3. The van der Waals surface area contributed by atoms with Crippen molar-refractivity contribution in [3.8, 4) is 11.1 Å². The van der Waals surface area contributed by atoms with E-state index in [1.54, 1.807) is 54.6 Å². The number of carboxylic acid groups (broad SMARTS) is 1. The molecule has 5 rings (SSSR count). The normalized spacial score (nSPS) is 11.1. The first kappa shape index (κ1) is 23.7. The molecule has 5 heteroatoms. The van der Waals surface area contributed by atoms with Gasteiger partial charge < -0.3 is 10.4 Å². The van der Waals surface area contributed by atoms with Crippen LogP contribution >= 0.6 is 0 Å². The van der Waals surface area contributed by atoms with Gasteiger partial charge in [0.1, 0.15) is 5.82 Å². The van der Waals surface area contributed by atoms with Crippen LogP contribution in [0.15, 0.2) is 109 Å². The third-order valence-electron chi connectivity index (χ3n) is 6.10. The number of nitrogens with one attached hydrogen (secondary N) is 1. The molecule has 0 spiro atoms. The van der Waals surface area contributed by atoms with Crippen LogP contribution in [0.2, 0.25) is 0 Å². The fourth-order valence-electron chi connectivity index (χ4n) is 4.11. The Morgan fingerprint density at radius 3 is 2.14 bits per heavy atom. The highest BCUT2D eigenvalue weighted by Crippen LogP contribution is 2.25. The van der Waals surface area contributed by atoms with Crippen molar-refractivity contribution in [1.29, 1.82) is 0 Å². The molecule has 0 bridgehead atoms. The number of carboxylic acids is 1. The van der Waals surface area contributed by atoms with Gasteiger partial charge in [0.15, 0.2) is 0 Å². The molecule has 0 unspecified atom stereocenters. The first-order valence-electron chi connectivity index (χ1n) is 11.7. The van der Waals surface area contributed by atoms with Gasteiger partial charge in [-0.2, -0.15) is 0 Å². The second kappa shape index (κ2) is 10.3. The predicted octanol–water partition coefficient (Wildman–Crippen LogP) is 7.77. The molecular weight excluding hydrogens is 465 g/mol. The summed E-state index contributed by atoms with van der Waals surface area (Å²) in [6.07, 6.45) is 3.55. The van der Waals surface area contributed by atoms with Crippen LogP contribution < -0.4 is 5.32 Å². The Labute approximate surface area is 213 Å². The Balaban J connectivity index is 1.33. The maximum atomic E-state index is 13.3. The molecule has 5 aromatic carbocycles. The van der Waals surface area contributed by atoms with Gasteiger partial charge in [0, 0.05) is 11.3 Å². The van der Waals surface area contributed by atoms with E-state index >= 15 is 0 Å². The van der Waals surface area contributed by atoms with Crippen molar-refractivity contribution in [3.63, 3.8) is 0 Å². The van der Waals surface area contributed by atoms with E-state index in [0.29, 0.717) is 16.8 Å². The Morgan fingerprint density at radius 1 is 0.703 bits per heavy atom. The van der Waals surface area contributed by atoms with Crippen molar-refractivity contribution in [2.75, 3.05) is 5.32 Å². The Bertz CT molecular complexity index is 1640. The number of fused-ring (bicyclic) bond motifs is 1. The Morgan fingerprint density at radius 2 is 1.41 bits per heavy atom. The summed E-state index contributed by atoms with van der Waals surface area (Å²) in [4.78, 5) is 24.5. The van der Waals surface area contributed by atoms with Crippen molar-refractivity contribution in [3.05, 3.63) is 137 Å². The van der Waals surface area contributed by atoms with Gasteiger partial charge in [0.2, 0.25) is 0 Å². The number of carbonyl (C=O) groups is 2. The van der Waals surface area contributed by atoms with E-state index in [2.05, 4.69) is 5.32 Å². The fraction of sp³-hybridized carbons (Fsp3) is 0. The average molecular weight is 488 g/mol. The molecule has 0 aliphatic rings. The third kappa shape index (κ3) is 5.46. The molecule has 0 radical (unpaired) electrons. The molecule has 1 amide bonds.